The molecule has 1 aromatic carbocycles. The quantitative estimate of drug-likeness (QED) is 0.344. The van der Waals surface area contributed by atoms with Gasteiger partial charge in [0, 0.05) is 24.2 Å². The molecule has 1 saturated carbocycles. The van der Waals surface area contributed by atoms with E-state index in [-0.39, 0.29) is 11.9 Å². The van der Waals surface area contributed by atoms with E-state index >= 15 is 0 Å². The van der Waals surface area contributed by atoms with Crippen molar-refractivity contribution >= 4 is 17.9 Å². The molecule has 0 bridgehead atoms. The molecule has 7 nitrogen and oxygen atoms in total. The zero-order valence-electron chi connectivity index (χ0n) is 18.3. The van der Waals surface area contributed by atoms with Gasteiger partial charge in [0.15, 0.2) is 0 Å². The van der Waals surface area contributed by atoms with E-state index in [1.54, 1.807) is 31.2 Å². The van der Waals surface area contributed by atoms with Gasteiger partial charge in [-0.3, -0.25) is 9.59 Å². The number of ether oxygens (including phenoxy) is 3. The largest absolute Gasteiger partial charge is 0.511 e. The lowest BCUT2D eigenvalue weighted by atomic mass is 9.98. The fraction of sp³-hybridized carbons (Fsp3) is 0.480. The molecule has 1 aliphatic carbocycles. The Labute approximate surface area is 187 Å². The highest BCUT2D eigenvalue weighted by Gasteiger charge is 2.35. The zero-order valence-corrected chi connectivity index (χ0v) is 18.3. The summed E-state index contributed by atoms with van der Waals surface area (Å²) in [5, 5.41) is 0. The monoisotopic (exact) mass is 439 g/mol. The third kappa shape index (κ3) is 4.87. The van der Waals surface area contributed by atoms with Crippen molar-refractivity contribution in [2.24, 2.45) is 0 Å². The fourth-order valence-corrected chi connectivity index (χ4v) is 4.47. The van der Waals surface area contributed by atoms with E-state index in [0.717, 1.165) is 37.8 Å². The first kappa shape index (κ1) is 22.1. The summed E-state index contributed by atoms with van der Waals surface area (Å²) in [7, 11) is 0. The average Bonchev–Trinajstić information content (AvgIpc) is 3.41. The summed E-state index contributed by atoms with van der Waals surface area (Å²) in [5.41, 5.74) is 1.91. The molecule has 1 aliphatic heterocycles. The van der Waals surface area contributed by atoms with Gasteiger partial charge in [-0.2, -0.15) is 0 Å². The highest BCUT2D eigenvalue weighted by molar-refractivity contribution is 6.08. The molecule has 32 heavy (non-hydrogen) atoms. The summed E-state index contributed by atoms with van der Waals surface area (Å²) >= 11 is 0. The van der Waals surface area contributed by atoms with Gasteiger partial charge >= 0.3 is 12.1 Å². The lowest BCUT2D eigenvalue weighted by molar-refractivity contribution is -0.174. The molecule has 7 heteroatoms. The van der Waals surface area contributed by atoms with Gasteiger partial charge in [0.25, 0.3) is 6.29 Å². The molecular weight excluding hydrogens is 410 g/mol. The van der Waals surface area contributed by atoms with E-state index in [1.807, 2.05) is 22.8 Å². The van der Waals surface area contributed by atoms with Crippen LogP contribution in [-0.2, 0) is 25.5 Å². The molecule has 2 aromatic rings. The van der Waals surface area contributed by atoms with Crippen molar-refractivity contribution in [2.75, 3.05) is 0 Å². The third-order valence-corrected chi connectivity index (χ3v) is 6.19. The maximum atomic E-state index is 12.8. The van der Waals surface area contributed by atoms with Crippen LogP contribution in [0.4, 0.5) is 4.79 Å². The van der Waals surface area contributed by atoms with E-state index in [9.17, 15) is 14.4 Å². The summed E-state index contributed by atoms with van der Waals surface area (Å²) in [4.78, 5) is 37.8. The van der Waals surface area contributed by atoms with E-state index < -0.39 is 24.3 Å². The minimum Gasteiger partial charge on any atom is -0.431 e. The molecular formula is C25H29NO6. The van der Waals surface area contributed by atoms with Crippen LogP contribution in [0.15, 0.2) is 42.5 Å². The van der Waals surface area contributed by atoms with Gasteiger partial charge in [-0.25, -0.2) is 4.79 Å². The first-order valence-electron chi connectivity index (χ1n) is 11.4. The Morgan fingerprint density at radius 2 is 1.72 bits per heavy atom. The van der Waals surface area contributed by atoms with Gasteiger partial charge in [0.1, 0.15) is 6.10 Å². The van der Waals surface area contributed by atoms with Crippen molar-refractivity contribution < 1.29 is 28.6 Å². The second kappa shape index (κ2) is 10.0. The maximum Gasteiger partial charge on any atom is 0.511 e. The van der Waals surface area contributed by atoms with E-state index in [0.29, 0.717) is 30.6 Å². The molecule has 2 atom stereocenters. The SMILES string of the molecule is CCC(OC(=O)OC1CCCCC1)OC(=O)C1CCn2c(C(=O)c3ccccc3)ccc21. The summed E-state index contributed by atoms with van der Waals surface area (Å²) in [5.74, 6) is -1.04. The van der Waals surface area contributed by atoms with Crippen molar-refractivity contribution in [1.82, 2.24) is 4.57 Å². The lowest BCUT2D eigenvalue weighted by Crippen LogP contribution is -2.29. The Morgan fingerprint density at radius 1 is 0.969 bits per heavy atom. The number of carbonyl (C=O) groups is 3. The molecule has 0 radical (unpaired) electrons. The van der Waals surface area contributed by atoms with Crippen molar-refractivity contribution in [3.05, 3.63) is 59.4 Å². The highest BCUT2D eigenvalue weighted by Crippen LogP contribution is 2.33. The summed E-state index contributed by atoms with van der Waals surface area (Å²) in [6, 6.07) is 12.6. The van der Waals surface area contributed by atoms with Crippen molar-refractivity contribution in [2.45, 2.75) is 76.7 Å². The minimum absolute atomic E-state index is 0.0777. The number of ketones is 1. The van der Waals surface area contributed by atoms with Gasteiger partial charge in [0.05, 0.1) is 11.6 Å². The Kier molecular flexibility index (Phi) is 6.93. The number of benzene rings is 1. The molecule has 170 valence electrons. The van der Waals surface area contributed by atoms with Crippen molar-refractivity contribution in [3.63, 3.8) is 0 Å². The standard InChI is InChI=1S/C25H29NO6/c1-2-22(32-25(29)30-18-11-7-4-8-12-18)31-24(28)19-15-16-26-20(19)13-14-21(26)23(27)17-9-5-3-6-10-17/h3,5-6,9-10,13-14,18-19,22H,2,4,7-8,11-12,15-16H2,1H3. The van der Waals surface area contributed by atoms with Crippen LogP contribution in [0.25, 0.3) is 0 Å². The van der Waals surface area contributed by atoms with Crippen LogP contribution in [0, 0.1) is 0 Å². The first-order valence-corrected chi connectivity index (χ1v) is 11.4. The van der Waals surface area contributed by atoms with Gasteiger partial charge < -0.3 is 18.8 Å². The maximum absolute atomic E-state index is 12.8. The summed E-state index contributed by atoms with van der Waals surface area (Å²) in [6.45, 7) is 2.33. The van der Waals surface area contributed by atoms with Gasteiger partial charge in [0.2, 0.25) is 5.78 Å². The molecule has 2 unspecified atom stereocenters. The number of aromatic nitrogens is 1. The third-order valence-electron chi connectivity index (χ3n) is 6.19. The molecule has 0 saturated heterocycles. The van der Waals surface area contributed by atoms with Crippen LogP contribution < -0.4 is 0 Å². The Bertz CT molecular complexity index is 960. The van der Waals surface area contributed by atoms with E-state index in [4.69, 9.17) is 14.2 Å². The summed E-state index contributed by atoms with van der Waals surface area (Å²) in [6.07, 6.45) is 3.89. The van der Waals surface area contributed by atoms with Crippen LogP contribution in [0.5, 0.6) is 0 Å². The van der Waals surface area contributed by atoms with Crippen LogP contribution in [0.3, 0.4) is 0 Å². The molecule has 1 aromatic heterocycles. The van der Waals surface area contributed by atoms with Crippen LogP contribution >= 0.6 is 0 Å². The average molecular weight is 440 g/mol. The predicted molar refractivity (Wildman–Crippen MR) is 116 cm³/mol. The molecule has 4 rings (SSSR count). The molecule has 2 aliphatic rings. The topological polar surface area (TPSA) is 83.8 Å². The van der Waals surface area contributed by atoms with E-state index in [1.165, 1.54) is 0 Å². The molecule has 0 spiro atoms. The Hall–Kier alpha value is -3.09. The molecule has 0 N–H and O–H groups in total. The second-order valence-electron chi connectivity index (χ2n) is 8.35. The summed E-state index contributed by atoms with van der Waals surface area (Å²) < 4.78 is 18.0. The lowest BCUT2D eigenvalue weighted by Gasteiger charge is -2.23. The number of rotatable bonds is 7. The number of fused-ring (bicyclic) bond motifs is 1. The highest BCUT2D eigenvalue weighted by atomic mass is 16.8. The number of esters is 1. The van der Waals surface area contributed by atoms with Crippen LogP contribution in [0.1, 0.15) is 79.5 Å². The first-order chi connectivity index (χ1) is 15.6. The van der Waals surface area contributed by atoms with Crippen LogP contribution in [-0.4, -0.2) is 34.9 Å². The predicted octanol–water partition coefficient (Wildman–Crippen LogP) is 4.97. The Morgan fingerprint density at radius 3 is 2.44 bits per heavy atom. The molecule has 1 fully saturated rings. The van der Waals surface area contributed by atoms with Crippen LogP contribution in [0.2, 0.25) is 0 Å². The van der Waals surface area contributed by atoms with Gasteiger partial charge in [-0.15, -0.1) is 0 Å². The van der Waals surface area contributed by atoms with Gasteiger partial charge in [-0.05, 0) is 44.2 Å². The number of hydrogen-bond acceptors (Lipinski definition) is 6. The second-order valence-corrected chi connectivity index (χ2v) is 8.35. The number of carbonyl (C=O) groups excluding carboxylic acids is 3. The smallest absolute Gasteiger partial charge is 0.431 e. The van der Waals surface area contributed by atoms with E-state index in [2.05, 4.69) is 0 Å². The minimum atomic E-state index is -0.993. The zero-order chi connectivity index (χ0) is 22.5. The fourth-order valence-electron chi connectivity index (χ4n) is 4.47. The number of hydrogen-bond donors (Lipinski definition) is 0. The van der Waals surface area contributed by atoms with Crippen molar-refractivity contribution in [3.8, 4) is 0 Å². The van der Waals surface area contributed by atoms with Gasteiger partial charge in [-0.1, -0.05) is 43.7 Å². The number of nitrogens with zero attached hydrogens (tertiary/aromatic N) is 1. The molecule has 0 amide bonds. The normalized spacial score (nSPS) is 19.1. The van der Waals surface area contributed by atoms with Crippen molar-refractivity contribution in [1.29, 1.82) is 0 Å². The Balaban J connectivity index is 1.37. The molecule has 2 heterocycles.